The molecule has 2 heterocycles. The summed E-state index contributed by atoms with van der Waals surface area (Å²) in [4.78, 5) is 45.1. The molecule has 1 aromatic carbocycles. The molecule has 0 bridgehead atoms. The van der Waals surface area contributed by atoms with Crippen LogP contribution in [0.3, 0.4) is 0 Å². The molecular weight excluding hydrogens is 412 g/mol. The van der Waals surface area contributed by atoms with Gasteiger partial charge in [-0.3, -0.25) is 9.59 Å². The van der Waals surface area contributed by atoms with E-state index in [0.29, 0.717) is 12.8 Å². The van der Waals surface area contributed by atoms with E-state index >= 15 is 0 Å². The Morgan fingerprint density at radius 3 is 2.45 bits per heavy atom. The molecule has 4 amide bonds. The van der Waals surface area contributed by atoms with Gasteiger partial charge in [0.05, 0.1) is 16.6 Å². The van der Waals surface area contributed by atoms with Gasteiger partial charge in [-0.25, -0.2) is 14.7 Å². The minimum absolute atomic E-state index is 0.277. The molecule has 2 atom stereocenters. The lowest BCUT2D eigenvalue weighted by Crippen LogP contribution is -2.50. The van der Waals surface area contributed by atoms with Gasteiger partial charge in [0.15, 0.2) is 0 Å². The van der Waals surface area contributed by atoms with E-state index in [2.05, 4.69) is 15.6 Å². The van der Waals surface area contributed by atoms with E-state index in [1.165, 1.54) is 5.56 Å². The number of urea groups is 1. The molecule has 1 saturated heterocycles. The predicted octanol–water partition coefficient (Wildman–Crippen LogP) is 3.86. The summed E-state index contributed by atoms with van der Waals surface area (Å²) in [5.74, 6) is -0.628. The van der Waals surface area contributed by atoms with Crippen LogP contribution in [-0.4, -0.2) is 39.3 Å². The van der Waals surface area contributed by atoms with Crippen LogP contribution in [0, 0.1) is 13.8 Å². The van der Waals surface area contributed by atoms with Crippen LogP contribution in [0.1, 0.15) is 61.7 Å². The standard InChI is InChI=1S/C23H28N4O3S/c1-13-7-9-17(10-8-13)20-25-15(3)18(31-20)14(2)24-19(28)16(4)27-21(29)23(26-22(27)30)11-5-6-12-23/h7-10,14,16H,5-6,11-12H2,1-4H3,(H,24,28)(H,26,30). The third kappa shape index (κ3) is 3.84. The van der Waals surface area contributed by atoms with Gasteiger partial charge in [-0.15, -0.1) is 11.3 Å². The number of thiazole rings is 1. The van der Waals surface area contributed by atoms with Gasteiger partial charge >= 0.3 is 6.03 Å². The Kier molecular flexibility index (Phi) is 5.60. The number of imide groups is 1. The highest BCUT2D eigenvalue weighted by Gasteiger charge is 2.54. The number of hydrogen-bond donors (Lipinski definition) is 2. The number of benzene rings is 1. The molecule has 1 aliphatic carbocycles. The minimum Gasteiger partial charge on any atom is -0.347 e. The summed E-state index contributed by atoms with van der Waals surface area (Å²) < 4.78 is 0. The molecule has 0 radical (unpaired) electrons. The van der Waals surface area contributed by atoms with E-state index in [4.69, 9.17) is 0 Å². The molecule has 2 unspecified atom stereocenters. The van der Waals surface area contributed by atoms with Crippen LogP contribution in [0.2, 0.25) is 0 Å². The molecule has 4 rings (SSSR count). The predicted molar refractivity (Wildman–Crippen MR) is 120 cm³/mol. The monoisotopic (exact) mass is 440 g/mol. The molecule has 8 heteroatoms. The lowest BCUT2D eigenvalue weighted by molar-refractivity contribution is -0.138. The lowest BCUT2D eigenvalue weighted by atomic mass is 9.97. The minimum atomic E-state index is -0.875. The van der Waals surface area contributed by atoms with Crippen LogP contribution in [0.15, 0.2) is 24.3 Å². The van der Waals surface area contributed by atoms with Gasteiger partial charge < -0.3 is 10.6 Å². The molecule has 1 saturated carbocycles. The number of hydrogen-bond acceptors (Lipinski definition) is 5. The Balaban J connectivity index is 1.47. The Morgan fingerprint density at radius 1 is 1.16 bits per heavy atom. The fraction of sp³-hybridized carbons (Fsp3) is 0.478. The van der Waals surface area contributed by atoms with E-state index in [-0.39, 0.29) is 17.9 Å². The molecule has 1 spiro atoms. The van der Waals surface area contributed by atoms with E-state index in [1.54, 1.807) is 18.3 Å². The van der Waals surface area contributed by atoms with Crippen molar-refractivity contribution in [1.29, 1.82) is 0 Å². The van der Waals surface area contributed by atoms with Crippen molar-refractivity contribution in [2.24, 2.45) is 0 Å². The van der Waals surface area contributed by atoms with Crippen molar-refractivity contribution in [3.63, 3.8) is 0 Å². The fourth-order valence-electron chi connectivity index (χ4n) is 4.46. The average molecular weight is 441 g/mol. The van der Waals surface area contributed by atoms with Crippen LogP contribution < -0.4 is 10.6 Å². The molecule has 1 aliphatic heterocycles. The summed E-state index contributed by atoms with van der Waals surface area (Å²) in [5, 5.41) is 6.70. The smallest absolute Gasteiger partial charge is 0.325 e. The number of nitrogens with zero attached hydrogens (tertiary/aromatic N) is 2. The lowest BCUT2D eigenvalue weighted by Gasteiger charge is -2.24. The van der Waals surface area contributed by atoms with Gasteiger partial charge in [0.2, 0.25) is 5.91 Å². The number of amides is 4. The van der Waals surface area contributed by atoms with Gasteiger partial charge in [-0.1, -0.05) is 42.7 Å². The van der Waals surface area contributed by atoms with E-state index < -0.39 is 17.6 Å². The molecule has 164 valence electrons. The van der Waals surface area contributed by atoms with Gasteiger partial charge in [0.1, 0.15) is 16.6 Å². The van der Waals surface area contributed by atoms with Crippen LogP contribution in [-0.2, 0) is 9.59 Å². The van der Waals surface area contributed by atoms with Crippen molar-refractivity contribution in [3.8, 4) is 10.6 Å². The van der Waals surface area contributed by atoms with Crippen molar-refractivity contribution < 1.29 is 14.4 Å². The topological polar surface area (TPSA) is 91.4 Å². The van der Waals surface area contributed by atoms with Crippen LogP contribution in [0.4, 0.5) is 4.79 Å². The number of nitrogens with one attached hydrogen (secondary N) is 2. The molecule has 7 nitrogen and oxygen atoms in total. The Morgan fingerprint density at radius 2 is 1.81 bits per heavy atom. The van der Waals surface area contributed by atoms with Crippen LogP contribution in [0.5, 0.6) is 0 Å². The molecule has 2 N–H and O–H groups in total. The summed E-state index contributed by atoms with van der Waals surface area (Å²) in [5.41, 5.74) is 2.28. The third-order valence-electron chi connectivity index (χ3n) is 6.30. The summed E-state index contributed by atoms with van der Waals surface area (Å²) in [6.45, 7) is 7.47. The summed E-state index contributed by atoms with van der Waals surface area (Å²) in [7, 11) is 0. The van der Waals surface area contributed by atoms with Crippen molar-refractivity contribution >= 4 is 29.2 Å². The zero-order valence-corrected chi connectivity index (χ0v) is 19.1. The first-order chi connectivity index (χ1) is 14.7. The summed E-state index contributed by atoms with van der Waals surface area (Å²) in [6.07, 6.45) is 3.10. The quantitative estimate of drug-likeness (QED) is 0.691. The number of rotatable bonds is 5. The molecule has 31 heavy (non-hydrogen) atoms. The van der Waals surface area contributed by atoms with Crippen LogP contribution >= 0.6 is 11.3 Å². The van der Waals surface area contributed by atoms with Crippen molar-refractivity contribution in [2.45, 2.75) is 71.0 Å². The Bertz CT molecular complexity index is 1020. The number of aryl methyl sites for hydroxylation is 2. The van der Waals surface area contributed by atoms with Crippen molar-refractivity contribution in [3.05, 3.63) is 40.4 Å². The highest BCUT2D eigenvalue weighted by molar-refractivity contribution is 7.15. The van der Waals surface area contributed by atoms with E-state index in [9.17, 15) is 14.4 Å². The average Bonchev–Trinajstić information content (AvgIpc) is 3.41. The summed E-state index contributed by atoms with van der Waals surface area (Å²) in [6, 6.07) is 6.55. The fourth-order valence-corrected chi connectivity index (χ4v) is 5.53. The zero-order chi connectivity index (χ0) is 22.3. The molecule has 2 fully saturated rings. The van der Waals surface area contributed by atoms with Gasteiger partial charge in [-0.2, -0.15) is 0 Å². The van der Waals surface area contributed by atoms with Gasteiger partial charge in [-0.05, 0) is 40.5 Å². The molecule has 2 aliphatic rings. The SMILES string of the molecule is Cc1ccc(-c2nc(C)c(C(C)NC(=O)C(C)N3C(=O)NC4(CCCC4)C3=O)s2)cc1. The Hall–Kier alpha value is -2.74. The second-order valence-electron chi connectivity index (χ2n) is 8.64. The van der Waals surface area contributed by atoms with E-state index in [0.717, 1.165) is 38.9 Å². The van der Waals surface area contributed by atoms with Crippen molar-refractivity contribution in [1.82, 2.24) is 20.5 Å². The second-order valence-corrected chi connectivity index (χ2v) is 9.67. The second kappa shape index (κ2) is 8.07. The molecule has 2 aromatic rings. The maximum absolute atomic E-state index is 12.9. The first-order valence-corrected chi connectivity index (χ1v) is 11.5. The van der Waals surface area contributed by atoms with Gasteiger partial charge in [0, 0.05) is 5.56 Å². The molecule has 1 aromatic heterocycles. The largest absolute Gasteiger partial charge is 0.347 e. The first-order valence-electron chi connectivity index (χ1n) is 10.7. The zero-order valence-electron chi connectivity index (χ0n) is 18.3. The first kappa shape index (κ1) is 21.5. The maximum Gasteiger partial charge on any atom is 0.325 e. The molecular formula is C23H28N4O3S. The number of aromatic nitrogens is 1. The normalized spacial score (nSPS) is 19.5. The maximum atomic E-state index is 12.9. The Labute approximate surface area is 186 Å². The highest BCUT2D eigenvalue weighted by atomic mass is 32.1. The number of carbonyl (C=O) groups excluding carboxylic acids is 3. The highest BCUT2D eigenvalue weighted by Crippen LogP contribution is 2.36. The van der Waals surface area contributed by atoms with Gasteiger partial charge in [0.25, 0.3) is 5.91 Å². The number of carbonyl (C=O) groups is 3. The summed E-state index contributed by atoms with van der Waals surface area (Å²) >= 11 is 1.54. The van der Waals surface area contributed by atoms with Crippen LogP contribution in [0.25, 0.3) is 10.6 Å². The van der Waals surface area contributed by atoms with Crippen molar-refractivity contribution in [2.75, 3.05) is 0 Å². The third-order valence-corrected chi connectivity index (χ3v) is 7.69. The van der Waals surface area contributed by atoms with E-state index in [1.807, 2.05) is 45.0 Å².